The molecule has 1 amide bonds. The van der Waals surface area contributed by atoms with E-state index < -0.39 is 0 Å². The molecule has 1 aromatic carbocycles. The molecule has 3 aromatic rings. The molecule has 26 heavy (non-hydrogen) atoms. The van der Waals surface area contributed by atoms with E-state index in [1.54, 1.807) is 19.9 Å². The fourth-order valence-corrected chi connectivity index (χ4v) is 2.55. The summed E-state index contributed by atoms with van der Waals surface area (Å²) in [6, 6.07) is 9.67. The van der Waals surface area contributed by atoms with Crippen LogP contribution in [0.3, 0.4) is 0 Å². The van der Waals surface area contributed by atoms with Gasteiger partial charge in [0.25, 0.3) is 5.91 Å². The standard InChI is InChI=1S/C18H17ClN6O/c1-10(21-18(26)15-14(19)11(2)24-25-15)9-13-17(20-3)23-16(22-13)12-7-5-4-6-8-12/h4-9H,3H2,1-2H3,(H,21,26)(H,22,23)(H,24,25)/b10-9+. The van der Waals surface area contributed by atoms with Crippen LogP contribution in [0.15, 0.2) is 41.0 Å². The number of amides is 1. The molecule has 0 unspecified atom stereocenters. The van der Waals surface area contributed by atoms with Gasteiger partial charge in [-0.1, -0.05) is 41.9 Å². The van der Waals surface area contributed by atoms with Crippen LogP contribution in [0.5, 0.6) is 0 Å². The predicted octanol–water partition coefficient (Wildman–Crippen LogP) is 3.88. The topological polar surface area (TPSA) is 98.8 Å². The number of halogens is 1. The number of carbonyl (C=O) groups excluding carboxylic acids is 1. The molecule has 0 saturated heterocycles. The van der Waals surface area contributed by atoms with E-state index in [9.17, 15) is 4.79 Å². The van der Waals surface area contributed by atoms with Crippen LogP contribution in [0.4, 0.5) is 5.82 Å². The van der Waals surface area contributed by atoms with E-state index in [1.807, 2.05) is 30.3 Å². The van der Waals surface area contributed by atoms with Gasteiger partial charge in [-0.05, 0) is 26.6 Å². The van der Waals surface area contributed by atoms with Crippen molar-refractivity contribution in [3.05, 3.63) is 58.1 Å². The van der Waals surface area contributed by atoms with E-state index >= 15 is 0 Å². The maximum atomic E-state index is 12.3. The molecule has 3 N–H and O–H groups in total. The lowest BCUT2D eigenvalue weighted by Crippen LogP contribution is -2.22. The van der Waals surface area contributed by atoms with Crippen LogP contribution in [0.25, 0.3) is 17.5 Å². The number of nitrogens with zero attached hydrogens (tertiary/aromatic N) is 3. The minimum atomic E-state index is -0.378. The van der Waals surface area contributed by atoms with Gasteiger partial charge in [0.05, 0.1) is 10.7 Å². The Balaban J connectivity index is 1.84. The van der Waals surface area contributed by atoms with Crippen LogP contribution < -0.4 is 5.32 Å². The number of nitrogens with one attached hydrogen (secondary N) is 3. The first-order valence-electron chi connectivity index (χ1n) is 7.82. The third kappa shape index (κ3) is 3.57. The van der Waals surface area contributed by atoms with Gasteiger partial charge in [-0.3, -0.25) is 9.89 Å². The molecule has 0 spiro atoms. The summed E-state index contributed by atoms with van der Waals surface area (Å²) < 4.78 is 0. The zero-order valence-electron chi connectivity index (χ0n) is 14.3. The Morgan fingerprint density at radius 1 is 1.35 bits per heavy atom. The Bertz CT molecular complexity index is 987. The Hall–Kier alpha value is -3.19. The smallest absolute Gasteiger partial charge is 0.274 e. The van der Waals surface area contributed by atoms with Gasteiger partial charge in [-0.2, -0.15) is 5.10 Å². The Morgan fingerprint density at radius 2 is 2.08 bits per heavy atom. The molecule has 0 aliphatic carbocycles. The fourth-order valence-electron chi connectivity index (χ4n) is 2.38. The van der Waals surface area contributed by atoms with Gasteiger partial charge in [0, 0.05) is 11.3 Å². The molecule has 0 aliphatic rings. The zero-order valence-corrected chi connectivity index (χ0v) is 15.1. The number of aliphatic imine (C=N–C) groups is 1. The van der Waals surface area contributed by atoms with Crippen molar-refractivity contribution in [1.82, 2.24) is 25.5 Å². The summed E-state index contributed by atoms with van der Waals surface area (Å²) >= 11 is 6.05. The quantitative estimate of drug-likeness (QED) is 0.596. The number of hydrogen-bond donors (Lipinski definition) is 3. The third-order valence-corrected chi connectivity index (χ3v) is 4.14. The second kappa shape index (κ2) is 7.37. The van der Waals surface area contributed by atoms with Crippen LogP contribution in [-0.2, 0) is 0 Å². The fraction of sp³-hybridized carbons (Fsp3) is 0.111. The highest BCUT2D eigenvalue weighted by atomic mass is 35.5. The summed E-state index contributed by atoms with van der Waals surface area (Å²) in [5, 5.41) is 9.58. The van der Waals surface area contributed by atoms with Crippen LogP contribution in [0, 0.1) is 6.92 Å². The first kappa shape index (κ1) is 17.6. The molecule has 132 valence electrons. The first-order valence-corrected chi connectivity index (χ1v) is 8.19. The molecule has 0 radical (unpaired) electrons. The van der Waals surface area contributed by atoms with E-state index in [-0.39, 0.29) is 11.6 Å². The highest BCUT2D eigenvalue weighted by Crippen LogP contribution is 2.24. The Kier molecular flexibility index (Phi) is 4.99. The van der Waals surface area contributed by atoms with Gasteiger partial charge in [0.1, 0.15) is 17.2 Å². The average molecular weight is 369 g/mol. The van der Waals surface area contributed by atoms with Gasteiger partial charge in [-0.25, -0.2) is 9.98 Å². The molecule has 0 bridgehead atoms. The molecule has 2 aromatic heterocycles. The number of H-pyrrole nitrogens is 2. The third-order valence-electron chi connectivity index (χ3n) is 3.68. The number of aromatic nitrogens is 4. The summed E-state index contributed by atoms with van der Waals surface area (Å²) in [5.41, 5.74) is 2.86. The van der Waals surface area contributed by atoms with E-state index in [1.165, 1.54) is 0 Å². The predicted molar refractivity (Wildman–Crippen MR) is 103 cm³/mol. The monoisotopic (exact) mass is 368 g/mol. The lowest BCUT2D eigenvalue weighted by Gasteiger charge is -2.03. The maximum absolute atomic E-state index is 12.3. The maximum Gasteiger partial charge on any atom is 0.274 e. The summed E-state index contributed by atoms with van der Waals surface area (Å²) in [6.07, 6.45) is 1.71. The van der Waals surface area contributed by atoms with Crippen molar-refractivity contribution in [2.75, 3.05) is 0 Å². The number of aryl methyl sites for hydroxylation is 1. The highest BCUT2D eigenvalue weighted by molar-refractivity contribution is 6.34. The molecule has 0 aliphatic heterocycles. The van der Waals surface area contributed by atoms with Crippen molar-refractivity contribution in [2.45, 2.75) is 13.8 Å². The van der Waals surface area contributed by atoms with Crippen LogP contribution >= 0.6 is 11.6 Å². The normalized spacial score (nSPS) is 11.4. The second-order valence-electron chi connectivity index (χ2n) is 5.62. The van der Waals surface area contributed by atoms with Crippen LogP contribution in [0.1, 0.15) is 28.8 Å². The number of aromatic amines is 2. The molecule has 2 heterocycles. The first-order chi connectivity index (χ1) is 12.5. The van der Waals surface area contributed by atoms with Gasteiger partial charge in [-0.15, -0.1) is 0 Å². The zero-order chi connectivity index (χ0) is 18.7. The van der Waals surface area contributed by atoms with E-state index in [0.717, 1.165) is 5.56 Å². The largest absolute Gasteiger partial charge is 0.325 e. The minimum absolute atomic E-state index is 0.214. The van der Waals surface area contributed by atoms with Gasteiger partial charge >= 0.3 is 0 Å². The SMILES string of the molecule is C=Nc1[nH]c(-c2ccccc2)nc1/C=C(\C)NC(=O)c1[nH]nc(C)c1Cl. The van der Waals surface area contributed by atoms with Crippen molar-refractivity contribution < 1.29 is 4.79 Å². The Labute approximate surface area is 155 Å². The lowest BCUT2D eigenvalue weighted by molar-refractivity contribution is 0.0961. The number of imidazole rings is 1. The number of rotatable bonds is 5. The molecular formula is C18H17ClN6O. The van der Waals surface area contributed by atoms with Crippen molar-refractivity contribution in [3.8, 4) is 11.4 Å². The van der Waals surface area contributed by atoms with Crippen LogP contribution in [-0.4, -0.2) is 32.8 Å². The van der Waals surface area contributed by atoms with Crippen molar-refractivity contribution in [2.24, 2.45) is 4.99 Å². The average Bonchev–Trinajstić information content (AvgIpc) is 3.19. The molecule has 0 fully saturated rings. The van der Waals surface area contributed by atoms with E-state index in [0.29, 0.717) is 33.7 Å². The van der Waals surface area contributed by atoms with Gasteiger partial charge in [0.2, 0.25) is 0 Å². The van der Waals surface area contributed by atoms with Crippen molar-refractivity contribution in [1.29, 1.82) is 0 Å². The molecular weight excluding hydrogens is 352 g/mol. The second-order valence-corrected chi connectivity index (χ2v) is 6.00. The van der Waals surface area contributed by atoms with Crippen LogP contribution in [0.2, 0.25) is 5.02 Å². The van der Waals surface area contributed by atoms with Crippen molar-refractivity contribution in [3.63, 3.8) is 0 Å². The number of allylic oxidation sites excluding steroid dienone is 1. The summed E-state index contributed by atoms with van der Waals surface area (Å²) in [7, 11) is 0. The van der Waals surface area contributed by atoms with Crippen molar-refractivity contribution >= 4 is 36.1 Å². The van der Waals surface area contributed by atoms with E-state index in [4.69, 9.17) is 11.6 Å². The molecule has 8 heteroatoms. The lowest BCUT2D eigenvalue weighted by atomic mass is 10.2. The number of carbonyl (C=O) groups is 1. The molecule has 3 rings (SSSR count). The summed E-state index contributed by atoms with van der Waals surface area (Å²) in [5.74, 6) is 0.815. The molecule has 0 atom stereocenters. The van der Waals surface area contributed by atoms with Gasteiger partial charge < -0.3 is 10.3 Å². The minimum Gasteiger partial charge on any atom is -0.325 e. The van der Waals surface area contributed by atoms with Gasteiger partial charge in [0.15, 0.2) is 5.82 Å². The highest BCUT2D eigenvalue weighted by Gasteiger charge is 2.16. The summed E-state index contributed by atoms with van der Waals surface area (Å²) in [4.78, 5) is 23.9. The Morgan fingerprint density at radius 3 is 2.69 bits per heavy atom. The number of hydrogen-bond acceptors (Lipinski definition) is 4. The molecule has 0 saturated carbocycles. The molecule has 7 nitrogen and oxygen atoms in total. The number of benzene rings is 1. The summed E-state index contributed by atoms with van der Waals surface area (Å²) in [6.45, 7) is 7.03. The van der Waals surface area contributed by atoms with E-state index in [2.05, 4.69) is 37.2 Å².